The maximum atomic E-state index is 4.63. The highest BCUT2D eigenvalue weighted by atomic mass is 32.1. The van der Waals surface area contributed by atoms with Crippen LogP contribution >= 0.6 is 11.3 Å². The van der Waals surface area contributed by atoms with Gasteiger partial charge in [-0.15, -0.1) is 0 Å². The molecule has 5 nitrogen and oxygen atoms in total. The van der Waals surface area contributed by atoms with Crippen molar-refractivity contribution in [3.05, 3.63) is 101 Å². The highest BCUT2D eigenvalue weighted by Gasteiger charge is 2.17. The fourth-order valence-corrected chi connectivity index (χ4v) is 4.29. The van der Waals surface area contributed by atoms with E-state index in [1.165, 1.54) is 21.7 Å². The Morgan fingerprint density at radius 1 is 0.750 bits per heavy atom. The number of hydrogen-bond donors (Lipinski definition) is 2. The monoisotopic (exact) mass is 442 g/mol. The summed E-state index contributed by atoms with van der Waals surface area (Å²) in [6.07, 6.45) is 0. The number of thiazole rings is 1. The van der Waals surface area contributed by atoms with Gasteiger partial charge in [0.05, 0.1) is 28.4 Å². The smallest absolute Gasteiger partial charge is 0.379 e. The van der Waals surface area contributed by atoms with Crippen molar-refractivity contribution in [2.45, 2.75) is 26.9 Å². The van der Waals surface area contributed by atoms with Crippen LogP contribution in [0.15, 0.2) is 89.1 Å². The average molecular weight is 443 g/mol. The number of hydrogen-bond acceptors (Lipinski definition) is 5. The SMILES string of the molecule is Cc1sc(N=Nc2cccc(NCc3ccccc3)c2NCc2ccccc2)[n+](C)c1C. The topological polar surface area (TPSA) is 52.7 Å². The predicted molar refractivity (Wildman–Crippen MR) is 133 cm³/mol. The van der Waals surface area contributed by atoms with Gasteiger partial charge in [-0.2, -0.15) is 0 Å². The van der Waals surface area contributed by atoms with Crippen LogP contribution in [0, 0.1) is 13.8 Å². The molecule has 0 aliphatic heterocycles. The highest BCUT2D eigenvalue weighted by Crippen LogP contribution is 2.35. The molecule has 0 amide bonds. The van der Waals surface area contributed by atoms with Crippen LogP contribution in [-0.2, 0) is 20.1 Å². The van der Waals surface area contributed by atoms with E-state index in [0.29, 0.717) is 6.54 Å². The fraction of sp³-hybridized carbons (Fsp3) is 0.192. The van der Waals surface area contributed by atoms with Gasteiger partial charge in [0.15, 0.2) is 0 Å². The Bertz CT molecular complexity index is 1200. The largest absolute Gasteiger partial charge is 0.408 e. The van der Waals surface area contributed by atoms with Crippen molar-refractivity contribution < 1.29 is 4.57 Å². The van der Waals surface area contributed by atoms with Gasteiger partial charge in [-0.1, -0.05) is 66.7 Å². The number of azo groups is 1. The van der Waals surface area contributed by atoms with Gasteiger partial charge < -0.3 is 10.6 Å². The molecule has 0 atom stereocenters. The van der Waals surface area contributed by atoms with E-state index >= 15 is 0 Å². The van der Waals surface area contributed by atoms with Crippen molar-refractivity contribution in [3.63, 3.8) is 0 Å². The second kappa shape index (κ2) is 10.2. The van der Waals surface area contributed by atoms with Gasteiger partial charge in [0.1, 0.15) is 11.4 Å². The highest BCUT2D eigenvalue weighted by molar-refractivity contribution is 7.14. The Balaban J connectivity index is 1.62. The van der Waals surface area contributed by atoms with Crippen LogP contribution in [0.4, 0.5) is 22.2 Å². The Morgan fingerprint density at radius 2 is 1.38 bits per heavy atom. The summed E-state index contributed by atoms with van der Waals surface area (Å²) in [6, 6.07) is 26.8. The number of anilines is 2. The van der Waals surface area contributed by atoms with E-state index in [0.717, 1.165) is 28.7 Å². The average Bonchev–Trinajstić information content (AvgIpc) is 3.08. The number of para-hydroxylation sites is 1. The van der Waals surface area contributed by atoms with E-state index in [1.54, 1.807) is 11.3 Å². The van der Waals surface area contributed by atoms with Gasteiger partial charge in [-0.05, 0) is 53.6 Å². The van der Waals surface area contributed by atoms with E-state index in [4.69, 9.17) is 0 Å². The summed E-state index contributed by atoms with van der Waals surface area (Å²) in [5.41, 5.74) is 6.41. The zero-order valence-corrected chi connectivity index (χ0v) is 19.5. The van der Waals surface area contributed by atoms with Crippen molar-refractivity contribution in [1.29, 1.82) is 0 Å². The predicted octanol–water partition coefficient (Wildman–Crippen LogP) is 6.83. The van der Waals surface area contributed by atoms with Crippen LogP contribution in [0.5, 0.6) is 0 Å². The molecule has 0 radical (unpaired) electrons. The first kappa shape index (κ1) is 21.7. The van der Waals surface area contributed by atoms with Crippen LogP contribution < -0.4 is 15.2 Å². The Labute approximate surface area is 193 Å². The standard InChI is InChI=1S/C26H27N5S/c1-19-20(2)32-26(31(19)3)30-29-24-16-10-15-23(27-17-21-11-6-4-7-12-21)25(24)28-18-22-13-8-5-9-14-22/h4-16H,17-18H2,1-3H3,(H,27,29)/p+1. The van der Waals surface area contributed by atoms with Crippen molar-refractivity contribution >= 4 is 33.5 Å². The summed E-state index contributed by atoms with van der Waals surface area (Å²) in [7, 11) is 2.03. The third kappa shape index (κ3) is 5.21. The van der Waals surface area contributed by atoms with Gasteiger partial charge in [0.2, 0.25) is 0 Å². The minimum atomic E-state index is 0.707. The number of nitrogens with one attached hydrogen (secondary N) is 2. The lowest BCUT2D eigenvalue weighted by molar-refractivity contribution is -0.660. The van der Waals surface area contributed by atoms with Gasteiger partial charge in [0.25, 0.3) is 0 Å². The Morgan fingerprint density at radius 3 is 1.97 bits per heavy atom. The molecule has 0 saturated carbocycles. The lowest BCUT2D eigenvalue weighted by Gasteiger charge is -2.15. The van der Waals surface area contributed by atoms with E-state index in [9.17, 15) is 0 Å². The van der Waals surface area contributed by atoms with Gasteiger partial charge >= 0.3 is 5.13 Å². The van der Waals surface area contributed by atoms with Crippen molar-refractivity contribution in [2.75, 3.05) is 10.6 Å². The lowest BCUT2D eigenvalue weighted by atomic mass is 10.1. The van der Waals surface area contributed by atoms with E-state index in [2.05, 4.69) is 93.9 Å². The van der Waals surface area contributed by atoms with E-state index in [1.807, 2.05) is 31.3 Å². The summed E-state index contributed by atoms with van der Waals surface area (Å²) in [6.45, 7) is 5.66. The summed E-state index contributed by atoms with van der Waals surface area (Å²) in [5, 5.41) is 17.2. The fourth-order valence-electron chi connectivity index (χ4n) is 3.38. The first-order valence-corrected chi connectivity index (χ1v) is 11.5. The number of aromatic nitrogens is 1. The van der Waals surface area contributed by atoms with Crippen LogP contribution in [0.3, 0.4) is 0 Å². The molecule has 0 saturated heterocycles. The zero-order chi connectivity index (χ0) is 22.3. The second-order valence-corrected chi connectivity index (χ2v) is 8.84. The molecule has 0 bridgehead atoms. The molecule has 0 fully saturated rings. The molecule has 0 aliphatic carbocycles. The van der Waals surface area contributed by atoms with Crippen molar-refractivity contribution in [2.24, 2.45) is 17.3 Å². The lowest BCUT2D eigenvalue weighted by Crippen LogP contribution is -2.28. The molecule has 4 aromatic rings. The molecule has 4 rings (SSSR count). The summed E-state index contributed by atoms with van der Waals surface area (Å²) in [5.74, 6) is 0. The third-order valence-corrected chi connectivity index (χ3v) is 6.61. The minimum Gasteiger partial charge on any atom is -0.379 e. The first-order valence-electron chi connectivity index (χ1n) is 10.7. The van der Waals surface area contributed by atoms with Crippen LogP contribution in [0.25, 0.3) is 0 Å². The number of rotatable bonds is 8. The third-order valence-electron chi connectivity index (χ3n) is 5.47. The van der Waals surface area contributed by atoms with Gasteiger partial charge in [-0.3, -0.25) is 0 Å². The molecule has 0 spiro atoms. The quantitative estimate of drug-likeness (QED) is 0.232. The number of nitrogens with zero attached hydrogens (tertiary/aromatic N) is 3. The molecule has 1 aromatic heterocycles. The normalized spacial score (nSPS) is 11.1. The molecule has 0 aliphatic rings. The van der Waals surface area contributed by atoms with Gasteiger partial charge in [0, 0.05) is 13.1 Å². The molecule has 6 heteroatoms. The summed E-state index contributed by atoms with van der Waals surface area (Å²) in [4.78, 5) is 1.25. The summed E-state index contributed by atoms with van der Waals surface area (Å²) < 4.78 is 2.08. The molecule has 162 valence electrons. The minimum absolute atomic E-state index is 0.707. The van der Waals surface area contributed by atoms with Gasteiger partial charge in [-0.25, -0.2) is 4.57 Å². The van der Waals surface area contributed by atoms with E-state index < -0.39 is 0 Å². The van der Waals surface area contributed by atoms with E-state index in [-0.39, 0.29) is 0 Å². The molecule has 2 N–H and O–H groups in total. The Kier molecular flexibility index (Phi) is 6.92. The maximum absolute atomic E-state index is 4.63. The number of aryl methyl sites for hydroxylation is 1. The zero-order valence-electron chi connectivity index (χ0n) is 18.7. The maximum Gasteiger partial charge on any atom is 0.408 e. The molecule has 3 aromatic carbocycles. The molecular weight excluding hydrogens is 414 g/mol. The van der Waals surface area contributed by atoms with Crippen LogP contribution in [0.1, 0.15) is 21.7 Å². The van der Waals surface area contributed by atoms with Crippen LogP contribution in [0.2, 0.25) is 0 Å². The molecule has 32 heavy (non-hydrogen) atoms. The second-order valence-electron chi connectivity index (χ2n) is 7.66. The summed E-state index contributed by atoms with van der Waals surface area (Å²) >= 11 is 1.65. The Hall–Kier alpha value is -3.51. The molecule has 1 heterocycles. The number of benzene rings is 3. The first-order chi connectivity index (χ1) is 15.6. The van der Waals surface area contributed by atoms with Crippen molar-refractivity contribution in [1.82, 2.24) is 0 Å². The van der Waals surface area contributed by atoms with Crippen molar-refractivity contribution in [3.8, 4) is 0 Å². The van der Waals surface area contributed by atoms with Crippen LogP contribution in [-0.4, -0.2) is 0 Å². The molecule has 0 unspecified atom stereocenters. The molecular formula is C26H28N5S+.